The molecule has 3 unspecified atom stereocenters. The van der Waals surface area contributed by atoms with Crippen LogP contribution in [0.2, 0.25) is 0 Å². The standard InChI is InChI=1S/C8H18O3/c1-4-6(9)8(10)7(5-2)11-3/h6-10H,4-5H2,1-3H3. The van der Waals surface area contributed by atoms with E-state index in [1.54, 1.807) is 7.11 Å². The fraction of sp³-hybridized carbons (Fsp3) is 1.00. The van der Waals surface area contributed by atoms with Gasteiger partial charge < -0.3 is 14.9 Å². The van der Waals surface area contributed by atoms with Gasteiger partial charge in [0.15, 0.2) is 0 Å². The van der Waals surface area contributed by atoms with Gasteiger partial charge in [-0.2, -0.15) is 0 Å². The summed E-state index contributed by atoms with van der Waals surface area (Å²) in [7, 11) is 1.54. The molecule has 11 heavy (non-hydrogen) atoms. The molecule has 3 atom stereocenters. The zero-order valence-electron chi connectivity index (χ0n) is 7.45. The van der Waals surface area contributed by atoms with Crippen LogP contribution in [0.4, 0.5) is 0 Å². The Morgan fingerprint density at radius 3 is 2.00 bits per heavy atom. The minimum atomic E-state index is -0.755. The maximum absolute atomic E-state index is 9.40. The third-order valence-electron chi connectivity index (χ3n) is 1.90. The highest BCUT2D eigenvalue weighted by molar-refractivity contribution is 4.73. The lowest BCUT2D eigenvalue weighted by atomic mass is 10.0. The molecule has 0 amide bonds. The molecule has 0 aromatic rings. The normalized spacial score (nSPS) is 19.4. The number of hydrogen-bond acceptors (Lipinski definition) is 3. The summed E-state index contributed by atoms with van der Waals surface area (Å²) in [6.45, 7) is 3.75. The van der Waals surface area contributed by atoms with Crippen LogP contribution in [0.3, 0.4) is 0 Å². The van der Waals surface area contributed by atoms with Crippen molar-refractivity contribution in [2.75, 3.05) is 7.11 Å². The molecule has 0 saturated heterocycles. The molecule has 0 spiro atoms. The van der Waals surface area contributed by atoms with E-state index in [2.05, 4.69) is 0 Å². The highest BCUT2D eigenvalue weighted by atomic mass is 16.5. The van der Waals surface area contributed by atoms with Crippen LogP contribution < -0.4 is 0 Å². The first-order valence-electron chi connectivity index (χ1n) is 4.06. The number of methoxy groups -OCH3 is 1. The lowest BCUT2D eigenvalue weighted by molar-refractivity contribution is -0.0768. The quantitative estimate of drug-likeness (QED) is 0.620. The second-order valence-electron chi connectivity index (χ2n) is 2.65. The van der Waals surface area contributed by atoms with Crippen LogP contribution in [-0.2, 0) is 4.74 Å². The Morgan fingerprint density at radius 2 is 1.73 bits per heavy atom. The summed E-state index contributed by atoms with van der Waals surface area (Å²) in [5.74, 6) is 0. The van der Waals surface area contributed by atoms with Crippen LogP contribution in [0.15, 0.2) is 0 Å². The maximum atomic E-state index is 9.40. The van der Waals surface area contributed by atoms with Crippen molar-refractivity contribution in [1.29, 1.82) is 0 Å². The predicted molar refractivity (Wildman–Crippen MR) is 43.4 cm³/mol. The van der Waals surface area contributed by atoms with E-state index < -0.39 is 12.2 Å². The van der Waals surface area contributed by atoms with Gasteiger partial charge in [-0.3, -0.25) is 0 Å². The predicted octanol–water partition coefficient (Wildman–Crippen LogP) is 0.543. The van der Waals surface area contributed by atoms with Crippen molar-refractivity contribution in [3.05, 3.63) is 0 Å². The van der Waals surface area contributed by atoms with Crippen LogP contribution in [0.25, 0.3) is 0 Å². The molecule has 3 heteroatoms. The molecule has 0 aromatic carbocycles. The molecule has 0 radical (unpaired) electrons. The van der Waals surface area contributed by atoms with Gasteiger partial charge in [0.2, 0.25) is 0 Å². The summed E-state index contributed by atoms with van der Waals surface area (Å²) < 4.78 is 4.97. The van der Waals surface area contributed by atoms with Crippen molar-refractivity contribution < 1.29 is 14.9 Å². The third kappa shape index (κ3) is 3.18. The Balaban J connectivity index is 3.86. The van der Waals surface area contributed by atoms with E-state index in [4.69, 9.17) is 4.74 Å². The van der Waals surface area contributed by atoms with E-state index in [9.17, 15) is 10.2 Å². The summed E-state index contributed by atoms with van der Waals surface area (Å²) >= 11 is 0. The average molecular weight is 162 g/mol. The summed E-state index contributed by atoms with van der Waals surface area (Å²) in [6.07, 6.45) is -0.393. The van der Waals surface area contributed by atoms with Gasteiger partial charge >= 0.3 is 0 Å². The maximum Gasteiger partial charge on any atom is 0.106 e. The van der Waals surface area contributed by atoms with Gasteiger partial charge in [-0.1, -0.05) is 13.8 Å². The molecule has 0 aliphatic heterocycles. The zero-order chi connectivity index (χ0) is 8.85. The Kier molecular flexibility index (Phi) is 5.46. The number of hydrogen-bond donors (Lipinski definition) is 2. The summed E-state index contributed by atoms with van der Waals surface area (Å²) in [5.41, 5.74) is 0. The highest BCUT2D eigenvalue weighted by Crippen LogP contribution is 2.09. The van der Waals surface area contributed by atoms with Crippen LogP contribution in [0, 0.1) is 0 Å². The first-order chi connectivity index (χ1) is 5.17. The average Bonchev–Trinajstić information content (AvgIpc) is 2.05. The van der Waals surface area contributed by atoms with Crippen LogP contribution >= 0.6 is 0 Å². The second-order valence-corrected chi connectivity index (χ2v) is 2.65. The molecule has 0 aliphatic carbocycles. The van der Waals surface area contributed by atoms with Crippen molar-refractivity contribution in [2.45, 2.75) is 45.0 Å². The molecule has 2 N–H and O–H groups in total. The van der Waals surface area contributed by atoms with Crippen molar-refractivity contribution >= 4 is 0 Å². The summed E-state index contributed by atoms with van der Waals surface area (Å²) in [4.78, 5) is 0. The molecular formula is C8H18O3. The Morgan fingerprint density at radius 1 is 1.18 bits per heavy atom. The van der Waals surface area contributed by atoms with Crippen molar-refractivity contribution in [3.63, 3.8) is 0 Å². The molecule has 0 heterocycles. The van der Waals surface area contributed by atoms with E-state index in [0.717, 1.165) is 0 Å². The smallest absolute Gasteiger partial charge is 0.106 e. The van der Waals surface area contributed by atoms with Gasteiger partial charge in [0.1, 0.15) is 6.10 Å². The monoisotopic (exact) mass is 162 g/mol. The molecule has 0 aromatic heterocycles. The van der Waals surface area contributed by atoms with Gasteiger partial charge in [0, 0.05) is 7.11 Å². The molecule has 0 saturated carbocycles. The largest absolute Gasteiger partial charge is 0.390 e. The van der Waals surface area contributed by atoms with E-state index in [0.29, 0.717) is 12.8 Å². The van der Waals surface area contributed by atoms with Gasteiger partial charge in [0.05, 0.1) is 12.2 Å². The van der Waals surface area contributed by atoms with Crippen molar-refractivity contribution in [2.24, 2.45) is 0 Å². The molecule has 0 rings (SSSR count). The minimum Gasteiger partial charge on any atom is -0.390 e. The topological polar surface area (TPSA) is 49.7 Å². The van der Waals surface area contributed by atoms with Crippen molar-refractivity contribution in [3.8, 4) is 0 Å². The number of ether oxygens (including phenoxy) is 1. The lowest BCUT2D eigenvalue weighted by Crippen LogP contribution is -2.37. The summed E-state index contributed by atoms with van der Waals surface area (Å²) in [5, 5.41) is 18.6. The lowest BCUT2D eigenvalue weighted by Gasteiger charge is -2.23. The fourth-order valence-corrected chi connectivity index (χ4v) is 1.04. The molecule has 0 bridgehead atoms. The Hall–Kier alpha value is -0.120. The second kappa shape index (κ2) is 5.52. The molecule has 0 fully saturated rings. The van der Waals surface area contributed by atoms with Crippen LogP contribution in [-0.4, -0.2) is 35.6 Å². The first-order valence-corrected chi connectivity index (χ1v) is 4.06. The Bertz CT molecular complexity index is 91.3. The van der Waals surface area contributed by atoms with Crippen LogP contribution in [0.5, 0.6) is 0 Å². The van der Waals surface area contributed by atoms with Gasteiger partial charge in [-0.05, 0) is 12.8 Å². The number of aliphatic hydroxyl groups excluding tert-OH is 2. The van der Waals surface area contributed by atoms with E-state index in [1.165, 1.54) is 0 Å². The SMILES string of the molecule is CCC(O)C(O)C(CC)OC. The highest BCUT2D eigenvalue weighted by Gasteiger charge is 2.22. The molecular weight excluding hydrogens is 144 g/mol. The first kappa shape index (κ1) is 10.9. The van der Waals surface area contributed by atoms with Crippen LogP contribution in [0.1, 0.15) is 26.7 Å². The van der Waals surface area contributed by atoms with E-state index >= 15 is 0 Å². The minimum absolute atomic E-state index is 0.245. The third-order valence-corrected chi connectivity index (χ3v) is 1.90. The molecule has 3 nitrogen and oxygen atoms in total. The fourth-order valence-electron chi connectivity index (χ4n) is 1.04. The van der Waals surface area contributed by atoms with Gasteiger partial charge in [-0.25, -0.2) is 0 Å². The Labute approximate surface area is 68.0 Å². The van der Waals surface area contributed by atoms with Crippen molar-refractivity contribution in [1.82, 2.24) is 0 Å². The van der Waals surface area contributed by atoms with E-state index in [-0.39, 0.29) is 6.10 Å². The molecule has 0 aliphatic rings. The number of rotatable bonds is 5. The number of aliphatic hydroxyl groups is 2. The van der Waals surface area contributed by atoms with E-state index in [1.807, 2.05) is 13.8 Å². The summed E-state index contributed by atoms with van der Waals surface area (Å²) in [6, 6.07) is 0. The van der Waals surface area contributed by atoms with Gasteiger partial charge in [-0.15, -0.1) is 0 Å². The zero-order valence-corrected chi connectivity index (χ0v) is 7.45. The van der Waals surface area contributed by atoms with Gasteiger partial charge in [0.25, 0.3) is 0 Å². The molecule has 68 valence electrons.